The highest BCUT2D eigenvalue weighted by molar-refractivity contribution is 5.79. The van der Waals surface area contributed by atoms with E-state index >= 15 is 0 Å². The summed E-state index contributed by atoms with van der Waals surface area (Å²) in [4.78, 5) is 14.9. The SMILES string of the molecule is CCc1ccccc1CN1C[C@@H]2[C@H](CNC(=O)C3CCC3)[C@H]3CC[C@]2(C1)O3. The summed E-state index contributed by atoms with van der Waals surface area (Å²) in [5.41, 5.74) is 2.97. The van der Waals surface area contributed by atoms with Crippen LogP contribution in [-0.2, 0) is 22.5 Å². The van der Waals surface area contributed by atoms with Crippen LogP contribution < -0.4 is 5.32 Å². The minimum Gasteiger partial charge on any atom is -0.370 e. The topological polar surface area (TPSA) is 41.6 Å². The Balaban J connectivity index is 1.25. The number of likely N-dealkylation sites (tertiary alicyclic amines) is 1. The van der Waals surface area contributed by atoms with Crippen molar-refractivity contribution in [3.8, 4) is 0 Å². The highest BCUT2D eigenvalue weighted by Gasteiger charge is 2.62. The van der Waals surface area contributed by atoms with Crippen molar-refractivity contribution in [2.24, 2.45) is 17.8 Å². The first-order valence-electron chi connectivity index (χ1n) is 10.9. The summed E-state index contributed by atoms with van der Waals surface area (Å²) in [5, 5.41) is 3.27. The molecule has 5 rings (SSSR count). The zero-order valence-electron chi connectivity index (χ0n) is 16.5. The Kier molecular flexibility index (Phi) is 4.52. The van der Waals surface area contributed by atoms with Crippen molar-refractivity contribution in [1.29, 1.82) is 0 Å². The van der Waals surface area contributed by atoms with Crippen molar-refractivity contribution in [2.75, 3.05) is 19.6 Å². The highest BCUT2D eigenvalue weighted by Crippen LogP contribution is 2.54. The van der Waals surface area contributed by atoms with Gasteiger partial charge in [-0.2, -0.15) is 0 Å². The van der Waals surface area contributed by atoms with Crippen molar-refractivity contribution < 1.29 is 9.53 Å². The predicted octanol–water partition coefficient (Wildman–Crippen LogP) is 3.14. The fraction of sp³-hybridized carbons (Fsp3) is 0.696. The molecule has 1 saturated carbocycles. The van der Waals surface area contributed by atoms with Crippen LogP contribution in [0.3, 0.4) is 0 Å². The van der Waals surface area contributed by atoms with Gasteiger partial charge in [0.1, 0.15) is 0 Å². The predicted molar refractivity (Wildman–Crippen MR) is 105 cm³/mol. The van der Waals surface area contributed by atoms with Crippen LogP contribution in [0.15, 0.2) is 24.3 Å². The quantitative estimate of drug-likeness (QED) is 0.839. The molecule has 4 heteroatoms. The number of fused-ring (bicyclic) bond motifs is 1. The number of hydrogen-bond acceptors (Lipinski definition) is 3. The number of carbonyl (C=O) groups is 1. The molecule has 3 aliphatic heterocycles. The lowest BCUT2D eigenvalue weighted by Gasteiger charge is -2.31. The van der Waals surface area contributed by atoms with Crippen LogP contribution in [0.4, 0.5) is 0 Å². The largest absolute Gasteiger partial charge is 0.370 e. The second-order valence-electron chi connectivity index (χ2n) is 9.19. The van der Waals surface area contributed by atoms with Gasteiger partial charge < -0.3 is 10.1 Å². The molecule has 1 amide bonds. The molecule has 4 atom stereocenters. The van der Waals surface area contributed by atoms with Gasteiger partial charge in [0.25, 0.3) is 0 Å². The molecule has 146 valence electrons. The molecule has 4 nitrogen and oxygen atoms in total. The molecule has 3 saturated heterocycles. The monoisotopic (exact) mass is 368 g/mol. The van der Waals surface area contributed by atoms with Crippen LogP contribution in [0.5, 0.6) is 0 Å². The van der Waals surface area contributed by atoms with E-state index in [0.29, 0.717) is 17.9 Å². The normalized spacial score (nSPS) is 35.2. The van der Waals surface area contributed by atoms with E-state index in [1.165, 1.54) is 30.4 Å². The zero-order chi connectivity index (χ0) is 18.4. The molecule has 0 unspecified atom stereocenters. The molecule has 2 bridgehead atoms. The lowest BCUT2D eigenvalue weighted by atomic mass is 9.73. The third-order valence-electron chi connectivity index (χ3n) is 7.74. The highest BCUT2D eigenvalue weighted by atomic mass is 16.5. The second kappa shape index (κ2) is 6.89. The van der Waals surface area contributed by atoms with Crippen molar-refractivity contribution in [1.82, 2.24) is 10.2 Å². The van der Waals surface area contributed by atoms with Gasteiger partial charge in [-0.1, -0.05) is 37.6 Å². The Morgan fingerprint density at radius 1 is 1.26 bits per heavy atom. The van der Waals surface area contributed by atoms with E-state index in [0.717, 1.165) is 45.4 Å². The molecule has 1 aromatic carbocycles. The summed E-state index contributed by atoms with van der Waals surface area (Å²) < 4.78 is 6.56. The summed E-state index contributed by atoms with van der Waals surface area (Å²) in [5.74, 6) is 1.63. The van der Waals surface area contributed by atoms with Crippen LogP contribution in [-0.4, -0.2) is 42.1 Å². The molecule has 1 aliphatic carbocycles. The number of ether oxygens (including phenoxy) is 1. The molecular weight excluding hydrogens is 336 g/mol. The number of benzene rings is 1. The summed E-state index contributed by atoms with van der Waals surface area (Å²) in [6, 6.07) is 8.83. The summed E-state index contributed by atoms with van der Waals surface area (Å²) in [7, 11) is 0. The van der Waals surface area contributed by atoms with Gasteiger partial charge in [-0.3, -0.25) is 9.69 Å². The first-order valence-corrected chi connectivity index (χ1v) is 10.9. The van der Waals surface area contributed by atoms with E-state index in [1.54, 1.807) is 0 Å². The van der Waals surface area contributed by atoms with E-state index < -0.39 is 0 Å². The molecule has 4 aliphatic rings. The molecule has 1 aromatic rings. The van der Waals surface area contributed by atoms with E-state index in [2.05, 4.69) is 41.4 Å². The van der Waals surface area contributed by atoms with Crippen molar-refractivity contribution in [2.45, 2.75) is 63.7 Å². The number of nitrogens with zero attached hydrogens (tertiary/aromatic N) is 1. The van der Waals surface area contributed by atoms with Crippen LogP contribution in [0.25, 0.3) is 0 Å². The molecule has 4 fully saturated rings. The van der Waals surface area contributed by atoms with Gasteiger partial charge >= 0.3 is 0 Å². The minimum atomic E-state index is 0.0533. The Bertz CT molecular complexity index is 716. The minimum absolute atomic E-state index is 0.0533. The summed E-state index contributed by atoms with van der Waals surface area (Å²) in [6.45, 7) is 6.24. The number of amides is 1. The van der Waals surface area contributed by atoms with E-state index in [4.69, 9.17) is 4.74 Å². The molecule has 1 N–H and O–H groups in total. The third kappa shape index (κ3) is 3.01. The smallest absolute Gasteiger partial charge is 0.223 e. The molecular formula is C23H32N2O2. The van der Waals surface area contributed by atoms with Gasteiger partial charge in [0, 0.05) is 43.9 Å². The fourth-order valence-corrected chi connectivity index (χ4v) is 6.01. The van der Waals surface area contributed by atoms with Crippen molar-refractivity contribution in [3.05, 3.63) is 35.4 Å². The van der Waals surface area contributed by atoms with Crippen molar-refractivity contribution >= 4 is 5.91 Å². The number of rotatable bonds is 6. The van der Waals surface area contributed by atoms with Gasteiger partial charge in [0.15, 0.2) is 0 Å². The standard InChI is InChI=1S/C23H32N2O2/c1-2-16-6-3-4-7-18(16)13-25-14-20-19(12-24-22(26)17-8-5-9-17)21-10-11-23(20,15-25)27-21/h3-4,6-7,17,19-21H,2,5,8-15H2,1H3,(H,24,26)/t19-,20+,21+,23+/m0/s1. The summed E-state index contributed by atoms with van der Waals surface area (Å²) >= 11 is 0. The van der Waals surface area contributed by atoms with E-state index in [-0.39, 0.29) is 17.4 Å². The van der Waals surface area contributed by atoms with Crippen LogP contribution in [0, 0.1) is 17.8 Å². The van der Waals surface area contributed by atoms with E-state index in [1.807, 2.05) is 0 Å². The van der Waals surface area contributed by atoms with Gasteiger partial charge in [-0.15, -0.1) is 0 Å². The zero-order valence-corrected chi connectivity index (χ0v) is 16.5. The maximum absolute atomic E-state index is 12.3. The first-order chi connectivity index (χ1) is 13.2. The Morgan fingerprint density at radius 3 is 2.81 bits per heavy atom. The average molecular weight is 369 g/mol. The Hall–Kier alpha value is -1.39. The van der Waals surface area contributed by atoms with Crippen LogP contribution in [0.2, 0.25) is 0 Å². The van der Waals surface area contributed by atoms with Gasteiger partial charge in [-0.05, 0) is 43.2 Å². The number of hydrogen-bond donors (Lipinski definition) is 1. The van der Waals surface area contributed by atoms with Gasteiger partial charge in [0.05, 0.1) is 11.7 Å². The molecule has 3 heterocycles. The molecule has 27 heavy (non-hydrogen) atoms. The van der Waals surface area contributed by atoms with Gasteiger partial charge in [-0.25, -0.2) is 0 Å². The van der Waals surface area contributed by atoms with Gasteiger partial charge in [0.2, 0.25) is 5.91 Å². The maximum Gasteiger partial charge on any atom is 0.223 e. The second-order valence-corrected chi connectivity index (χ2v) is 9.19. The molecule has 0 radical (unpaired) electrons. The lowest BCUT2D eigenvalue weighted by molar-refractivity contribution is -0.127. The molecule has 0 aromatic heterocycles. The van der Waals surface area contributed by atoms with Crippen LogP contribution in [0.1, 0.15) is 50.2 Å². The maximum atomic E-state index is 12.3. The molecule has 1 spiro atoms. The fourth-order valence-electron chi connectivity index (χ4n) is 6.01. The number of carbonyl (C=O) groups excluding carboxylic acids is 1. The van der Waals surface area contributed by atoms with E-state index in [9.17, 15) is 4.79 Å². The Morgan fingerprint density at radius 2 is 2.07 bits per heavy atom. The third-order valence-corrected chi connectivity index (χ3v) is 7.74. The Labute approximate surface area is 162 Å². The number of nitrogens with one attached hydrogen (secondary N) is 1. The first kappa shape index (κ1) is 17.7. The average Bonchev–Trinajstić information content (AvgIpc) is 3.27. The van der Waals surface area contributed by atoms with Crippen molar-refractivity contribution in [3.63, 3.8) is 0 Å². The van der Waals surface area contributed by atoms with Crippen LogP contribution >= 0.6 is 0 Å². The lowest BCUT2D eigenvalue weighted by Crippen LogP contribution is -2.44. The summed E-state index contributed by atoms with van der Waals surface area (Å²) in [6.07, 6.45) is 7.19. The number of aryl methyl sites for hydroxylation is 1.